The number of rotatable bonds is 3. The van der Waals surface area contributed by atoms with Gasteiger partial charge in [0.05, 0.1) is 6.61 Å². The fourth-order valence-electron chi connectivity index (χ4n) is 2.12. The Morgan fingerprint density at radius 2 is 1.80 bits per heavy atom. The van der Waals surface area contributed by atoms with Gasteiger partial charge in [0.2, 0.25) is 0 Å². The summed E-state index contributed by atoms with van der Waals surface area (Å²) in [6.07, 6.45) is 0. The molecule has 1 saturated heterocycles. The average molecular weight is 285 g/mol. The first-order valence-electron chi connectivity index (χ1n) is 6.45. The number of urea groups is 1. The van der Waals surface area contributed by atoms with Crippen LogP contribution in [0.2, 0.25) is 0 Å². The highest BCUT2D eigenvalue weighted by molar-refractivity contribution is 5.89. The highest BCUT2D eigenvalue weighted by Crippen LogP contribution is 2.18. The zero-order chi connectivity index (χ0) is 14.5. The van der Waals surface area contributed by atoms with E-state index < -0.39 is 23.4 Å². The third kappa shape index (κ3) is 3.43. The Morgan fingerprint density at radius 3 is 2.35 bits per heavy atom. The van der Waals surface area contributed by atoms with Gasteiger partial charge >= 0.3 is 6.03 Å². The summed E-state index contributed by atoms with van der Waals surface area (Å²) in [6.45, 7) is 2.83. The smallest absolute Gasteiger partial charge is 0.322 e. The largest absolute Gasteiger partial charge is 0.395 e. The number of aliphatic hydroxyl groups excluding tert-OH is 1. The minimum atomic E-state index is -0.794. The third-order valence-electron chi connectivity index (χ3n) is 3.27. The molecule has 0 saturated carbocycles. The van der Waals surface area contributed by atoms with Crippen LogP contribution < -0.4 is 5.32 Å². The number of benzene rings is 1. The van der Waals surface area contributed by atoms with Gasteiger partial charge in [-0.2, -0.15) is 0 Å². The molecule has 2 amide bonds. The molecule has 5 nitrogen and oxygen atoms in total. The van der Waals surface area contributed by atoms with E-state index in [0.717, 1.165) is 12.1 Å². The number of halogens is 2. The van der Waals surface area contributed by atoms with Crippen molar-refractivity contribution in [2.24, 2.45) is 0 Å². The van der Waals surface area contributed by atoms with Crippen LogP contribution in [0.1, 0.15) is 0 Å². The van der Waals surface area contributed by atoms with Gasteiger partial charge in [-0.1, -0.05) is 6.07 Å². The molecular formula is C13H17F2N3O2. The molecule has 0 aromatic heterocycles. The third-order valence-corrected chi connectivity index (χ3v) is 3.27. The predicted octanol–water partition coefficient (Wildman–Crippen LogP) is 1.11. The SMILES string of the molecule is O=C(Nc1c(F)cccc1F)N1CCN(CCO)CC1. The van der Waals surface area contributed by atoms with E-state index in [-0.39, 0.29) is 6.61 Å². The summed E-state index contributed by atoms with van der Waals surface area (Å²) in [6, 6.07) is 2.92. The Morgan fingerprint density at radius 1 is 1.20 bits per heavy atom. The Balaban J connectivity index is 1.93. The second-order valence-corrected chi connectivity index (χ2v) is 4.58. The molecule has 0 spiro atoms. The summed E-state index contributed by atoms with van der Waals surface area (Å²) in [5.74, 6) is -1.59. The number of carbonyl (C=O) groups is 1. The van der Waals surface area contributed by atoms with Crippen LogP contribution in [0.5, 0.6) is 0 Å². The number of piperazine rings is 1. The fourth-order valence-corrected chi connectivity index (χ4v) is 2.12. The Hall–Kier alpha value is -1.73. The molecule has 0 bridgehead atoms. The molecule has 2 rings (SSSR count). The number of amides is 2. The van der Waals surface area contributed by atoms with E-state index in [1.165, 1.54) is 11.0 Å². The molecule has 0 atom stereocenters. The molecule has 0 radical (unpaired) electrons. The maximum atomic E-state index is 13.4. The lowest BCUT2D eigenvalue weighted by Gasteiger charge is -2.34. The van der Waals surface area contributed by atoms with Crippen LogP contribution in [0.15, 0.2) is 18.2 Å². The molecule has 1 heterocycles. The standard InChI is InChI=1S/C13H17F2N3O2/c14-10-2-1-3-11(15)12(10)16-13(20)18-6-4-17(5-7-18)8-9-19/h1-3,19H,4-9H2,(H,16,20). The molecule has 1 aromatic rings. The minimum absolute atomic E-state index is 0.0760. The lowest BCUT2D eigenvalue weighted by Crippen LogP contribution is -2.50. The van der Waals surface area contributed by atoms with E-state index in [1.54, 1.807) is 0 Å². The monoisotopic (exact) mass is 285 g/mol. The number of carbonyl (C=O) groups excluding carboxylic acids is 1. The average Bonchev–Trinajstić information content (AvgIpc) is 2.44. The highest BCUT2D eigenvalue weighted by Gasteiger charge is 2.22. The maximum Gasteiger partial charge on any atom is 0.322 e. The van der Waals surface area contributed by atoms with Crippen molar-refractivity contribution in [3.8, 4) is 0 Å². The zero-order valence-electron chi connectivity index (χ0n) is 11.0. The van der Waals surface area contributed by atoms with Crippen LogP contribution in [0.4, 0.5) is 19.3 Å². The van der Waals surface area contributed by atoms with Crippen molar-refractivity contribution in [2.45, 2.75) is 0 Å². The minimum Gasteiger partial charge on any atom is -0.395 e. The Bertz CT molecular complexity index is 456. The Labute approximate surface area is 115 Å². The fraction of sp³-hybridized carbons (Fsp3) is 0.462. The quantitative estimate of drug-likeness (QED) is 0.874. The molecule has 1 aliphatic heterocycles. The van der Waals surface area contributed by atoms with Crippen LogP contribution in [0.3, 0.4) is 0 Å². The van der Waals surface area contributed by atoms with Crippen LogP contribution in [-0.2, 0) is 0 Å². The van der Waals surface area contributed by atoms with Crippen molar-refractivity contribution >= 4 is 11.7 Å². The summed E-state index contributed by atoms with van der Waals surface area (Å²) >= 11 is 0. The van der Waals surface area contributed by atoms with Crippen LogP contribution >= 0.6 is 0 Å². The van der Waals surface area contributed by atoms with Gasteiger partial charge in [-0.15, -0.1) is 0 Å². The predicted molar refractivity (Wildman–Crippen MR) is 70.5 cm³/mol. The highest BCUT2D eigenvalue weighted by atomic mass is 19.1. The number of aliphatic hydroxyl groups is 1. The summed E-state index contributed by atoms with van der Waals surface area (Å²) in [5.41, 5.74) is -0.421. The Kier molecular flexibility index (Phi) is 4.86. The lowest BCUT2D eigenvalue weighted by atomic mass is 10.3. The molecule has 0 aliphatic carbocycles. The van der Waals surface area contributed by atoms with Gasteiger partial charge in [0.1, 0.15) is 17.3 Å². The molecule has 110 valence electrons. The first kappa shape index (κ1) is 14.7. The van der Waals surface area contributed by atoms with Crippen molar-refractivity contribution in [2.75, 3.05) is 44.6 Å². The molecule has 20 heavy (non-hydrogen) atoms. The van der Waals surface area contributed by atoms with Gasteiger partial charge in [0.25, 0.3) is 0 Å². The number of nitrogens with one attached hydrogen (secondary N) is 1. The summed E-state index contributed by atoms with van der Waals surface area (Å²) < 4.78 is 26.9. The first-order valence-corrected chi connectivity index (χ1v) is 6.45. The van der Waals surface area contributed by atoms with Crippen molar-refractivity contribution in [3.05, 3.63) is 29.8 Å². The van der Waals surface area contributed by atoms with Gasteiger partial charge < -0.3 is 15.3 Å². The lowest BCUT2D eigenvalue weighted by molar-refractivity contribution is 0.127. The molecule has 1 aliphatic rings. The molecular weight excluding hydrogens is 268 g/mol. The van der Waals surface area contributed by atoms with E-state index in [1.807, 2.05) is 4.90 Å². The number of hydrogen-bond donors (Lipinski definition) is 2. The van der Waals surface area contributed by atoms with Gasteiger partial charge in [0, 0.05) is 32.7 Å². The van der Waals surface area contributed by atoms with Crippen LogP contribution in [0, 0.1) is 11.6 Å². The zero-order valence-corrected chi connectivity index (χ0v) is 11.0. The van der Waals surface area contributed by atoms with Crippen molar-refractivity contribution in [1.82, 2.24) is 9.80 Å². The maximum absolute atomic E-state index is 13.4. The van der Waals surface area contributed by atoms with Gasteiger partial charge in [-0.3, -0.25) is 4.90 Å². The summed E-state index contributed by atoms with van der Waals surface area (Å²) in [5, 5.41) is 11.1. The van der Waals surface area contributed by atoms with E-state index in [0.29, 0.717) is 32.7 Å². The van der Waals surface area contributed by atoms with E-state index in [9.17, 15) is 13.6 Å². The van der Waals surface area contributed by atoms with Crippen LogP contribution in [0.25, 0.3) is 0 Å². The van der Waals surface area contributed by atoms with Gasteiger partial charge in [0.15, 0.2) is 0 Å². The second kappa shape index (κ2) is 6.62. The summed E-state index contributed by atoms with van der Waals surface area (Å²) in [4.78, 5) is 15.5. The van der Waals surface area contributed by atoms with E-state index >= 15 is 0 Å². The number of hydrogen-bond acceptors (Lipinski definition) is 3. The molecule has 2 N–H and O–H groups in total. The molecule has 0 unspecified atom stereocenters. The van der Waals surface area contributed by atoms with Gasteiger partial charge in [-0.25, -0.2) is 13.6 Å². The normalized spacial score (nSPS) is 16.2. The van der Waals surface area contributed by atoms with E-state index in [4.69, 9.17) is 5.11 Å². The van der Waals surface area contributed by atoms with Crippen molar-refractivity contribution in [1.29, 1.82) is 0 Å². The number of nitrogens with zero attached hydrogens (tertiary/aromatic N) is 2. The van der Waals surface area contributed by atoms with E-state index in [2.05, 4.69) is 5.32 Å². The molecule has 1 aromatic carbocycles. The number of anilines is 1. The van der Waals surface area contributed by atoms with Crippen molar-refractivity contribution < 1.29 is 18.7 Å². The molecule has 1 fully saturated rings. The summed E-state index contributed by atoms with van der Waals surface area (Å²) in [7, 11) is 0. The number of β-amino-alcohol motifs (C(OH)–C–C–N with tert-alkyl or cyclic N) is 1. The molecule has 7 heteroatoms. The van der Waals surface area contributed by atoms with Gasteiger partial charge in [-0.05, 0) is 12.1 Å². The second-order valence-electron chi connectivity index (χ2n) is 4.58. The van der Waals surface area contributed by atoms with Crippen molar-refractivity contribution in [3.63, 3.8) is 0 Å². The first-order chi connectivity index (χ1) is 9.61. The number of para-hydroxylation sites is 1. The topological polar surface area (TPSA) is 55.8 Å². The van der Waals surface area contributed by atoms with Crippen LogP contribution in [-0.4, -0.2) is 60.3 Å².